The summed E-state index contributed by atoms with van der Waals surface area (Å²) in [6.45, 7) is 0.0447. The minimum atomic E-state index is -3.95. The maximum atomic E-state index is 10.7. The van der Waals surface area contributed by atoms with Gasteiger partial charge in [0, 0.05) is 18.6 Å². The fourth-order valence-electron chi connectivity index (χ4n) is 0.772. The first-order valence-electron chi connectivity index (χ1n) is 4.03. The van der Waals surface area contributed by atoms with Crippen LogP contribution in [0.2, 0.25) is 0 Å². The van der Waals surface area contributed by atoms with Crippen molar-refractivity contribution in [3.8, 4) is 0 Å². The molecule has 9 heteroatoms. The van der Waals surface area contributed by atoms with E-state index >= 15 is 0 Å². The highest BCUT2D eigenvalue weighted by Crippen LogP contribution is 1.94. The second kappa shape index (κ2) is 5.96. The van der Waals surface area contributed by atoms with Crippen LogP contribution in [0.5, 0.6) is 0 Å². The Balaban J connectivity index is 3.78. The van der Waals surface area contributed by atoms with E-state index in [-0.39, 0.29) is 12.3 Å². The molecule has 0 rings (SSSR count). The molecule has 0 aliphatic rings. The van der Waals surface area contributed by atoms with Crippen LogP contribution in [0.25, 0.3) is 0 Å². The highest BCUT2D eigenvalue weighted by atomic mass is 32.2. The molecule has 0 radical (unpaired) electrons. The molecule has 7 nitrogen and oxygen atoms in total. The summed E-state index contributed by atoms with van der Waals surface area (Å²) >= 11 is 0. The number of hydrogen-bond acceptors (Lipinski definition) is 5. The van der Waals surface area contributed by atoms with Crippen molar-refractivity contribution in [2.45, 2.75) is 12.8 Å². The average Bonchev–Trinajstić information content (AvgIpc) is 2.00. The average molecular weight is 256 g/mol. The van der Waals surface area contributed by atoms with E-state index in [1.165, 1.54) is 0 Å². The lowest BCUT2D eigenvalue weighted by Crippen LogP contribution is -2.22. The Kier molecular flexibility index (Phi) is 5.66. The molecule has 0 aliphatic heterocycles. The van der Waals surface area contributed by atoms with Crippen LogP contribution in [-0.2, 0) is 24.8 Å². The van der Waals surface area contributed by atoms with Gasteiger partial charge in [0.1, 0.15) is 9.84 Å². The van der Waals surface area contributed by atoms with E-state index in [2.05, 4.69) is 4.40 Å². The van der Waals surface area contributed by atoms with E-state index in [4.69, 9.17) is 0 Å². The molecule has 0 bridgehead atoms. The molecule has 1 N–H and O–H groups in total. The summed E-state index contributed by atoms with van der Waals surface area (Å²) < 4.78 is 47.4. The predicted octanol–water partition coefficient (Wildman–Crippen LogP) is -1.02. The van der Waals surface area contributed by atoms with Crippen molar-refractivity contribution in [1.82, 2.24) is 4.72 Å². The van der Waals surface area contributed by atoms with Gasteiger partial charge in [0.2, 0.25) is 0 Å². The van der Waals surface area contributed by atoms with Crippen LogP contribution in [-0.4, -0.2) is 41.5 Å². The number of nitrogens with one attached hydrogen (secondary N) is 1. The zero-order valence-electron chi connectivity index (χ0n) is 8.13. The molecule has 0 amide bonds. The van der Waals surface area contributed by atoms with Gasteiger partial charge in [0.15, 0.2) is 0 Å². The number of unbranched alkanes of at least 4 members (excludes halogenated alkanes) is 1. The minimum Gasteiger partial charge on any atom is -0.229 e. The zero-order chi connectivity index (χ0) is 11.9. The Morgan fingerprint density at radius 3 is 2.27 bits per heavy atom. The van der Waals surface area contributed by atoms with Gasteiger partial charge in [0.25, 0.3) is 6.08 Å². The van der Waals surface area contributed by atoms with Gasteiger partial charge in [-0.3, -0.25) is 0 Å². The molecule has 0 saturated carbocycles. The highest BCUT2D eigenvalue weighted by Gasteiger charge is 2.06. The van der Waals surface area contributed by atoms with Gasteiger partial charge in [-0.15, -0.1) is 0 Å². The van der Waals surface area contributed by atoms with Crippen LogP contribution in [0.3, 0.4) is 0 Å². The lowest BCUT2D eigenvalue weighted by Gasteiger charge is -2.00. The second-order valence-electron chi connectivity index (χ2n) is 2.89. The molecule has 0 aromatic rings. The van der Waals surface area contributed by atoms with Crippen molar-refractivity contribution >= 4 is 26.1 Å². The molecule has 0 heterocycles. The maximum Gasteiger partial charge on any atom is 0.330 e. The van der Waals surface area contributed by atoms with E-state index in [0.29, 0.717) is 12.8 Å². The van der Waals surface area contributed by atoms with E-state index in [1.807, 2.05) is 4.72 Å². The normalized spacial score (nSPS) is 12.1. The molecular weight excluding hydrogens is 244 g/mol. The monoisotopic (exact) mass is 256 g/mol. The molecule has 0 saturated heterocycles. The smallest absolute Gasteiger partial charge is 0.229 e. The predicted molar refractivity (Wildman–Crippen MR) is 54.0 cm³/mol. The number of isocyanates is 1. The molecule has 0 unspecified atom stereocenters. The molecule has 88 valence electrons. The molecule has 15 heavy (non-hydrogen) atoms. The number of carbonyl (C=O) groups excluding carboxylic acids is 1. The lowest BCUT2D eigenvalue weighted by atomic mass is 10.3. The van der Waals surface area contributed by atoms with Crippen LogP contribution in [0.4, 0.5) is 0 Å². The number of sulfone groups is 1. The van der Waals surface area contributed by atoms with Crippen LogP contribution in [0.1, 0.15) is 12.8 Å². The zero-order valence-corrected chi connectivity index (χ0v) is 9.77. The topological polar surface area (TPSA) is 110 Å². The van der Waals surface area contributed by atoms with Gasteiger partial charge < -0.3 is 0 Å². The molecule has 0 aromatic heterocycles. The number of hydrogen-bond donors (Lipinski definition) is 1. The fraction of sp³-hybridized carbons (Fsp3) is 0.833. The summed E-state index contributed by atoms with van der Waals surface area (Å²) in [5, 5.41) is 0. The summed E-state index contributed by atoms with van der Waals surface area (Å²) in [5.41, 5.74) is 0. The lowest BCUT2D eigenvalue weighted by molar-refractivity contribution is 0.561. The third-order valence-corrected chi connectivity index (χ3v) is 3.30. The summed E-state index contributed by atoms with van der Waals surface area (Å²) in [6.07, 6.45) is 2.72. The molecular formula is C6H12N2O5S2. The largest absolute Gasteiger partial charge is 0.330 e. The van der Waals surface area contributed by atoms with Crippen LogP contribution in [0, 0.1) is 0 Å². The quantitative estimate of drug-likeness (QED) is 0.356. The Labute approximate surface area is 88.7 Å². The third kappa shape index (κ3) is 9.54. The van der Waals surface area contributed by atoms with Gasteiger partial charge >= 0.3 is 10.2 Å². The summed E-state index contributed by atoms with van der Waals surface area (Å²) in [5.74, 6) is 0.00563. The van der Waals surface area contributed by atoms with Crippen LogP contribution in [0.15, 0.2) is 4.40 Å². The minimum absolute atomic E-state index is 0.00563. The number of nitrogens with zero attached hydrogens (tertiary/aromatic N) is 1. The van der Waals surface area contributed by atoms with Gasteiger partial charge in [-0.05, 0) is 12.8 Å². The fourth-order valence-corrected chi connectivity index (χ4v) is 2.07. The van der Waals surface area contributed by atoms with Crippen LogP contribution < -0.4 is 4.72 Å². The van der Waals surface area contributed by atoms with Gasteiger partial charge in [0.05, 0.1) is 0 Å². The van der Waals surface area contributed by atoms with Crippen LogP contribution >= 0.6 is 0 Å². The molecule has 0 fully saturated rings. The van der Waals surface area contributed by atoms with E-state index in [9.17, 15) is 21.6 Å². The van der Waals surface area contributed by atoms with Gasteiger partial charge in [-0.1, -0.05) is 4.40 Å². The summed E-state index contributed by atoms with van der Waals surface area (Å²) in [7, 11) is -6.96. The van der Waals surface area contributed by atoms with Crippen molar-refractivity contribution in [3.63, 3.8) is 0 Å². The SMILES string of the molecule is CS(=O)(=O)CCCCNS(=O)(=O)N=C=O. The number of rotatable bonds is 7. The van der Waals surface area contributed by atoms with E-state index < -0.39 is 20.0 Å². The van der Waals surface area contributed by atoms with Gasteiger partial charge in [-0.25, -0.2) is 13.2 Å². The Morgan fingerprint density at radius 2 is 1.80 bits per heavy atom. The third-order valence-electron chi connectivity index (χ3n) is 1.38. The highest BCUT2D eigenvalue weighted by molar-refractivity contribution is 7.90. The maximum absolute atomic E-state index is 10.7. The van der Waals surface area contributed by atoms with Gasteiger partial charge in [-0.2, -0.15) is 13.1 Å². The van der Waals surface area contributed by atoms with Crippen molar-refractivity contribution in [3.05, 3.63) is 0 Å². The van der Waals surface area contributed by atoms with Crippen molar-refractivity contribution in [2.75, 3.05) is 18.6 Å². The first-order valence-corrected chi connectivity index (χ1v) is 7.53. The van der Waals surface area contributed by atoms with Crippen molar-refractivity contribution < 1.29 is 21.6 Å². The Bertz CT molecular complexity index is 432. The second-order valence-corrected chi connectivity index (χ2v) is 6.57. The van der Waals surface area contributed by atoms with E-state index in [0.717, 1.165) is 12.3 Å². The van der Waals surface area contributed by atoms with E-state index in [1.54, 1.807) is 0 Å². The summed E-state index contributed by atoms with van der Waals surface area (Å²) in [4.78, 5) is 9.65. The summed E-state index contributed by atoms with van der Waals surface area (Å²) in [6, 6.07) is 0. The molecule has 0 atom stereocenters. The molecule has 0 aromatic carbocycles. The Morgan fingerprint density at radius 1 is 1.20 bits per heavy atom. The first-order chi connectivity index (χ1) is 6.77. The first kappa shape index (κ1) is 14.2. The standard InChI is InChI=1S/C6H12N2O5S2/c1-14(10,11)5-3-2-4-7-15(12,13)8-6-9/h7H,2-5H2,1H3. The molecule has 0 spiro atoms. The Hall–Kier alpha value is -0.760. The molecule has 0 aliphatic carbocycles. The van der Waals surface area contributed by atoms with Crippen molar-refractivity contribution in [1.29, 1.82) is 0 Å². The van der Waals surface area contributed by atoms with Crippen molar-refractivity contribution in [2.24, 2.45) is 4.40 Å².